The van der Waals surface area contributed by atoms with Gasteiger partial charge in [-0.3, -0.25) is 0 Å². The standard InChI is InChI=1S/C8H13N.C2H6/c1-4-7(2)5-6-8(3)9;1-2/h4-6H,1,9H2,2-3H3;1-2H3/b7-5-,8-6+;. The van der Waals surface area contributed by atoms with Gasteiger partial charge < -0.3 is 5.73 Å². The number of allylic oxidation sites excluding steroid dienone is 5. The Bertz CT molecular complexity index is 148. The van der Waals surface area contributed by atoms with Crippen molar-refractivity contribution < 1.29 is 0 Å². The van der Waals surface area contributed by atoms with Crippen LogP contribution in [0, 0.1) is 0 Å². The Hall–Kier alpha value is -0.980. The van der Waals surface area contributed by atoms with Crippen molar-refractivity contribution in [1.82, 2.24) is 0 Å². The lowest BCUT2D eigenvalue weighted by molar-refractivity contribution is 1.31. The van der Waals surface area contributed by atoms with Gasteiger partial charge in [0.2, 0.25) is 0 Å². The van der Waals surface area contributed by atoms with Gasteiger partial charge in [-0.2, -0.15) is 0 Å². The molecule has 0 heterocycles. The van der Waals surface area contributed by atoms with Crippen LogP contribution < -0.4 is 5.73 Å². The third-order valence-corrected chi connectivity index (χ3v) is 0.931. The summed E-state index contributed by atoms with van der Waals surface area (Å²) in [6, 6.07) is 0. The molecular weight excluding hydrogens is 134 g/mol. The zero-order valence-corrected chi connectivity index (χ0v) is 8.02. The summed E-state index contributed by atoms with van der Waals surface area (Å²) in [7, 11) is 0. The lowest BCUT2D eigenvalue weighted by Gasteiger charge is -1.86. The molecule has 0 atom stereocenters. The summed E-state index contributed by atoms with van der Waals surface area (Å²) in [5.74, 6) is 0. The zero-order chi connectivity index (χ0) is 9.28. The summed E-state index contributed by atoms with van der Waals surface area (Å²) in [5, 5.41) is 0. The van der Waals surface area contributed by atoms with Gasteiger partial charge in [0, 0.05) is 5.70 Å². The van der Waals surface area contributed by atoms with Gasteiger partial charge in [-0.15, -0.1) is 0 Å². The molecule has 0 rings (SSSR count). The molecule has 11 heavy (non-hydrogen) atoms. The minimum atomic E-state index is 0.816. The van der Waals surface area contributed by atoms with E-state index in [9.17, 15) is 0 Å². The van der Waals surface area contributed by atoms with Crippen LogP contribution in [0.15, 0.2) is 36.1 Å². The number of nitrogens with two attached hydrogens (primary N) is 1. The highest BCUT2D eigenvalue weighted by atomic mass is 14.5. The average molecular weight is 153 g/mol. The first-order chi connectivity index (χ1) is 5.16. The second kappa shape index (κ2) is 9.02. The van der Waals surface area contributed by atoms with Gasteiger partial charge in [0.1, 0.15) is 0 Å². The summed E-state index contributed by atoms with van der Waals surface area (Å²) in [5.41, 5.74) is 7.32. The van der Waals surface area contributed by atoms with Crippen molar-refractivity contribution in [3.63, 3.8) is 0 Å². The van der Waals surface area contributed by atoms with Crippen molar-refractivity contribution in [2.45, 2.75) is 27.7 Å². The molecule has 0 aliphatic rings. The molecule has 0 bridgehead atoms. The van der Waals surface area contributed by atoms with Gasteiger partial charge in [-0.25, -0.2) is 0 Å². The van der Waals surface area contributed by atoms with Crippen LogP contribution in [0.4, 0.5) is 0 Å². The molecule has 0 unspecified atom stereocenters. The van der Waals surface area contributed by atoms with Crippen molar-refractivity contribution in [3.05, 3.63) is 36.1 Å². The largest absolute Gasteiger partial charge is 0.402 e. The molecule has 0 saturated carbocycles. The van der Waals surface area contributed by atoms with Gasteiger partial charge in [0.25, 0.3) is 0 Å². The second-order valence-corrected chi connectivity index (χ2v) is 2.03. The molecule has 1 heteroatoms. The van der Waals surface area contributed by atoms with Gasteiger partial charge in [-0.1, -0.05) is 38.2 Å². The minimum absolute atomic E-state index is 0.816. The normalized spacial score (nSPS) is 11.6. The Morgan fingerprint density at radius 3 is 1.91 bits per heavy atom. The first-order valence-corrected chi connectivity index (χ1v) is 3.90. The molecule has 0 fully saturated rings. The van der Waals surface area contributed by atoms with E-state index in [4.69, 9.17) is 5.73 Å². The van der Waals surface area contributed by atoms with E-state index in [0.29, 0.717) is 0 Å². The van der Waals surface area contributed by atoms with Crippen LogP contribution in [-0.4, -0.2) is 0 Å². The molecule has 0 amide bonds. The Kier molecular flexibility index (Phi) is 10.4. The molecule has 1 nitrogen and oxygen atoms in total. The van der Waals surface area contributed by atoms with Crippen molar-refractivity contribution >= 4 is 0 Å². The first kappa shape index (κ1) is 12.7. The van der Waals surface area contributed by atoms with E-state index >= 15 is 0 Å². The van der Waals surface area contributed by atoms with E-state index < -0.39 is 0 Å². The molecule has 0 aromatic carbocycles. The molecule has 2 N–H and O–H groups in total. The van der Waals surface area contributed by atoms with Crippen molar-refractivity contribution in [1.29, 1.82) is 0 Å². The van der Waals surface area contributed by atoms with Crippen LogP contribution in [-0.2, 0) is 0 Å². The SMILES string of the molecule is C=C/C(C)=C\C=C(/C)N.CC. The number of hydrogen-bond acceptors (Lipinski definition) is 1. The Labute approximate surface area is 70.3 Å². The van der Waals surface area contributed by atoms with Crippen LogP contribution in [0.5, 0.6) is 0 Å². The summed E-state index contributed by atoms with van der Waals surface area (Å²) in [6.07, 6.45) is 5.58. The summed E-state index contributed by atoms with van der Waals surface area (Å²) in [6.45, 7) is 11.4. The van der Waals surface area contributed by atoms with Crippen LogP contribution in [0.3, 0.4) is 0 Å². The third kappa shape index (κ3) is 12.3. The molecule has 0 saturated heterocycles. The summed E-state index contributed by atoms with van der Waals surface area (Å²) < 4.78 is 0. The van der Waals surface area contributed by atoms with Crippen LogP contribution in [0.25, 0.3) is 0 Å². The number of hydrogen-bond donors (Lipinski definition) is 1. The first-order valence-electron chi connectivity index (χ1n) is 3.90. The summed E-state index contributed by atoms with van der Waals surface area (Å²) in [4.78, 5) is 0. The van der Waals surface area contributed by atoms with Crippen molar-refractivity contribution in [2.75, 3.05) is 0 Å². The fraction of sp³-hybridized carbons (Fsp3) is 0.400. The predicted octanol–water partition coefficient (Wildman–Crippen LogP) is 3.01. The Morgan fingerprint density at radius 2 is 1.64 bits per heavy atom. The molecule has 0 aromatic rings. The van der Waals surface area contributed by atoms with E-state index in [1.54, 1.807) is 6.08 Å². The molecule has 0 aliphatic carbocycles. The van der Waals surface area contributed by atoms with Crippen molar-refractivity contribution in [3.8, 4) is 0 Å². The van der Waals surface area contributed by atoms with Crippen LogP contribution in [0.1, 0.15) is 27.7 Å². The third-order valence-electron chi connectivity index (χ3n) is 0.931. The lowest BCUT2D eigenvalue weighted by atomic mass is 10.2. The smallest absolute Gasteiger partial charge is 0.00489 e. The molecule has 64 valence electrons. The van der Waals surface area contributed by atoms with E-state index in [1.165, 1.54) is 0 Å². The van der Waals surface area contributed by atoms with E-state index in [0.717, 1.165) is 11.3 Å². The molecule has 0 aliphatic heterocycles. The topological polar surface area (TPSA) is 26.0 Å². The van der Waals surface area contributed by atoms with Gasteiger partial charge >= 0.3 is 0 Å². The molecular formula is C10H19N. The van der Waals surface area contributed by atoms with Gasteiger partial charge in [-0.05, 0) is 19.9 Å². The lowest BCUT2D eigenvalue weighted by Crippen LogP contribution is -1.87. The van der Waals surface area contributed by atoms with Crippen LogP contribution in [0.2, 0.25) is 0 Å². The zero-order valence-electron chi connectivity index (χ0n) is 8.02. The van der Waals surface area contributed by atoms with E-state index in [1.807, 2.05) is 39.8 Å². The highest BCUT2D eigenvalue weighted by Crippen LogP contribution is 1.93. The van der Waals surface area contributed by atoms with Crippen LogP contribution >= 0.6 is 0 Å². The fourth-order valence-electron chi connectivity index (χ4n) is 0.331. The maximum atomic E-state index is 5.38. The predicted molar refractivity (Wildman–Crippen MR) is 53.2 cm³/mol. The monoisotopic (exact) mass is 153 g/mol. The maximum Gasteiger partial charge on any atom is 0.00489 e. The average Bonchev–Trinajstić information content (AvgIpc) is 2.04. The fourth-order valence-corrected chi connectivity index (χ4v) is 0.331. The van der Waals surface area contributed by atoms with Gasteiger partial charge in [0.05, 0.1) is 0 Å². The van der Waals surface area contributed by atoms with E-state index in [-0.39, 0.29) is 0 Å². The Balaban J connectivity index is 0. The quantitative estimate of drug-likeness (QED) is 0.606. The molecule has 0 spiro atoms. The van der Waals surface area contributed by atoms with E-state index in [2.05, 4.69) is 6.58 Å². The second-order valence-electron chi connectivity index (χ2n) is 2.03. The molecule has 0 radical (unpaired) electrons. The summed E-state index contributed by atoms with van der Waals surface area (Å²) >= 11 is 0. The highest BCUT2D eigenvalue weighted by molar-refractivity contribution is 5.20. The van der Waals surface area contributed by atoms with Crippen molar-refractivity contribution in [2.24, 2.45) is 5.73 Å². The minimum Gasteiger partial charge on any atom is -0.402 e. The maximum absolute atomic E-state index is 5.38. The molecule has 0 aromatic heterocycles. The number of rotatable bonds is 2. The Morgan fingerprint density at radius 1 is 1.18 bits per heavy atom. The van der Waals surface area contributed by atoms with Gasteiger partial charge in [0.15, 0.2) is 0 Å². The highest BCUT2D eigenvalue weighted by Gasteiger charge is 1.75.